The van der Waals surface area contributed by atoms with Gasteiger partial charge in [-0.3, -0.25) is 4.79 Å². The number of piperidine rings is 1. The number of nitrogens with zero attached hydrogens (tertiary/aromatic N) is 1. The SMILES string of the molecule is CCOC(=O)C1CCCCN1C(=O)/C=C/c1cc[c]c(Cl)c1-c1ccc2c(c1)CCOO2. The Labute approximate surface area is 192 Å². The van der Waals surface area contributed by atoms with Gasteiger partial charge in [-0.1, -0.05) is 29.8 Å². The Bertz CT molecular complexity index is 1030. The van der Waals surface area contributed by atoms with Gasteiger partial charge in [-0.05, 0) is 55.5 Å². The van der Waals surface area contributed by atoms with Gasteiger partial charge in [0.1, 0.15) is 6.04 Å². The van der Waals surface area contributed by atoms with E-state index in [1.807, 2.05) is 24.3 Å². The van der Waals surface area contributed by atoms with Crippen LogP contribution in [0.25, 0.3) is 17.2 Å². The van der Waals surface area contributed by atoms with Gasteiger partial charge in [0.2, 0.25) is 5.91 Å². The Kier molecular flexibility index (Phi) is 7.12. The third-order valence-corrected chi connectivity index (χ3v) is 5.98. The largest absolute Gasteiger partial charge is 0.464 e. The molecule has 0 N–H and O–H groups in total. The first-order chi connectivity index (χ1) is 15.6. The van der Waals surface area contributed by atoms with Gasteiger partial charge in [0.05, 0.1) is 18.2 Å². The van der Waals surface area contributed by atoms with Crippen LogP contribution in [-0.4, -0.2) is 42.6 Å². The number of hydrogen-bond donors (Lipinski definition) is 0. The third-order valence-electron chi connectivity index (χ3n) is 5.68. The molecule has 2 aromatic carbocycles. The summed E-state index contributed by atoms with van der Waals surface area (Å²) in [7, 11) is 0. The van der Waals surface area contributed by atoms with E-state index in [2.05, 4.69) is 6.07 Å². The Hall–Kier alpha value is -2.83. The number of carbonyl (C=O) groups excluding carboxylic acids is 2. The van der Waals surface area contributed by atoms with Crippen molar-refractivity contribution in [1.82, 2.24) is 4.90 Å². The molecule has 2 heterocycles. The second kappa shape index (κ2) is 10.2. The number of carbonyl (C=O) groups is 2. The van der Waals surface area contributed by atoms with Crippen molar-refractivity contribution in [1.29, 1.82) is 0 Å². The first-order valence-corrected chi connectivity index (χ1v) is 11.2. The van der Waals surface area contributed by atoms with E-state index in [1.165, 1.54) is 6.08 Å². The summed E-state index contributed by atoms with van der Waals surface area (Å²) in [5, 5.41) is 0.467. The molecule has 2 aliphatic heterocycles. The predicted molar refractivity (Wildman–Crippen MR) is 121 cm³/mol. The number of benzene rings is 2. The highest BCUT2D eigenvalue weighted by atomic mass is 35.5. The molecule has 0 aromatic heterocycles. The maximum atomic E-state index is 13.0. The molecular weight excluding hydrogens is 430 g/mol. The predicted octanol–water partition coefficient (Wildman–Crippen LogP) is 4.63. The third kappa shape index (κ3) is 4.81. The average Bonchev–Trinajstić information content (AvgIpc) is 2.82. The van der Waals surface area contributed by atoms with Gasteiger partial charge in [0.15, 0.2) is 5.75 Å². The molecule has 1 fully saturated rings. The molecule has 2 aromatic rings. The highest BCUT2D eigenvalue weighted by Gasteiger charge is 2.32. The number of hydrogen-bond acceptors (Lipinski definition) is 5. The number of fused-ring (bicyclic) bond motifs is 1. The summed E-state index contributed by atoms with van der Waals surface area (Å²) in [4.78, 5) is 37.1. The Morgan fingerprint density at radius 3 is 3.03 bits per heavy atom. The second-order valence-corrected chi connectivity index (χ2v) is 8.11. The van der Waals surface area contributed by atoms with Crippen molar-refractivity contribution in [2.45, 2.75) is 38.6 Å². The van der Waals surface area contributed by atoms with Crippen LogP contribution >= 0.6 is 11.6 Å². The number of rotatable bonds is 5. The number of likely N-dealkylation sites (tertiary alicyclic amines) is 1. The molecule has 4 rings (SSSR count). The molecule has 167 valence electrons. The van der Waals surface area contributed by atoms with E-state index in [0.29, 0.717) is 37.0 Å². The molecule has 1 atom stereocenters. The molecule has 1 amide bonds. The monoisotopic (exact) mass is 454 g/mol. The molecule has 1 saturated heterocycles. The van der Waals surface area contributed by atoms with Gasteiger partial charge in [-0.25, -0.2) is 4.79 Å². The molecule has 2 aliphatic rings. The molecule has 1 unspecified atom stereocenters. The minimum absolute atomic E-state index is 0.214. The van der Waals surface area contributed by atoms with Gasteiger partial charge in [0, 0.05) is 36.2 Å². The van der Waals surface area contributed by atoms with Gasteiger partial charge >= 0.3 is 5.97 Å². The van der Waals surface area contributed by atoms with Crippen molar-refractivity contribution in [2.75, 3.05) is 19.8 Å². The van der Waals surface area contributed by atoms with E-state index < -0.39 is 6.04 Å². The maximum absolute atomic E-state index is 13.0. The Morgan fingerprint density at radius 2 is 2.19 bits per heavy atom. The van der Waals surface area contributed by atoms with Crippen molar-refractivity contribution >= 4 is 29.6 Å². The lowest BCUT2D eigenvalue weighted by molar-refractivity contribution is -0.215. The first kappa shape index (κ1) is 22.4. The van der Waals surface area contributed by atoms with Crippen LogP contribution in [0.4, 0.5) is 0 Å². The standard InChI is InChI=1S/C25H25ClNO5/c1-2-30-25(29)21-8-3-4-14-27(21)23(28)12-10-17-6-5-7-20(26)24(17)19-9-11-22-18(16-19)13-15-31-32-22/h5-6,9-12,16,21H,2-4,8,13-15H2,1H3/b12-10+. The van der Waals surface area contributed by atoms with Gasteiger partial charge < -0.3 is 14.5 Å². The summed E-state index contributed by atoms with van der Waals surface area (Å²) in [6.07, 6.45) is 6.38. The minimum Gasteiger partial charge on any atom is -0.464 e. The number of esters is 1. The quantitative estimate of drug-likeness (QED) is 0.374. The Morgan fingerprint density at radius 1 is 1.31 bits per heavy atom. The van der Waals surface area contributed by atoms with Crippen LogP contribution in [0, 0.1) is 6.07 Å². The van der Waals surface area contributed by atoms with Crippen LogP contribution in [0.1, 0.15) is 37.3 Å². The van der Waals surface area contributed by atoms with Gasteiger partial charge in [0.25, 0.3) is 0 Å². The van der Waals surface area contributed by atoms with Crippen molar-refractivity contribution in [3.63, 3.8) is 0 Å². The summed E-state index contributed by atoms with van der Waals surface area (Å²) >= 11 is 6.51. The normalized spacial score (nSPS) is 18.2. The van der Waals surface area contributed by atoms with Crippen LogP contribution in [0.3, 0.4) is 0 Å². The van der Waals surface area contributed by atoms with Crippen LogP contribution in [0.5, 0.6) is 5.75 Å². The summed E-state index contributed by atoms with van der Waals surface area (Å²) in [6.45, 7) is 3.09. The summed E-state index contributed by atoms with van der Waals surface area (Å²) in [5.74, 6) is 0.138. The fourth-order valence-corrected chi connectivity index (χ4v) is 4.40. The van der Waals surface area contributed by atoms with Gasteiger partial charge in [-0.2, -0.15) is 4.89 Å². The van der Waals surface area contributed by atoms with E-state index in [9.17, 15) is 9.59 Å². The topological polar surface area (TPSA) is 65.1 Å². The van der Waals surface area contributed by atoms with Crippen molar-refractivity contribution in [3.8, 4) is 16.9 Å². The maximum Gasteiger partial charge on any atom is 0.328 e. The van der Waals surface area contributed by atoms with E-state index in [0.717, 1.165) is 41.5 Å². The van der Waals surface area contributed by atoms with Gasteiger partial charge in [-0.15, -0.1) is 0 Å². The molecule has 0 spiro atoms. The lowest BCUT2D eigenvalue weighted by atomic mass is 9.96. The van der Waals surface area contributed by atoms with Crippen molar-refractivity contribution in [2.24, 2.45) is 0 Å². The highest BCUT2D eigenvalue weighted by molar-refractivity contribution is 6.33. The minimum atomic E-state index is -0.532. The zero-order valence-corrected chi connectivity index (χ0v) is 18.7. The molecule has 0 aliphatic carbocycles. The van der Waals surface area contributed by atoms with E-state index in [4.69, 9.17) is 26.1 Å². The smallest absolute Gasteiger partial charge is 0.328 e. The molecule has 0 saturated carbocycles. The zero-order chi connectivity index (χ0) is 22.5. The number of ether oxygens (including phenoxy) is 1. The number of halogens is 1. The lowest BCUT2D eigenvalue weighted by Crippen LogP contribution is -2.48. The highest BCUT2D eigenvalue weighted by Crippen LogP contribution is 2.35. The van der Waals surface area contributed by atoms with E-state index >= 15 is 0 Å². The summed E-state index contributed by atoms with van der Waals surface area (Å²) in [5.41, 5.74) is 3.52. The summed E-state index contributed by atoms with van der Waals surface area (Å²) in [6, 6.07) is 11.9. The van der Waals surface area contributed by atoms with Crippen LogP contribution in [0.15, 0.2) is 36.4 Å². The Balaban J connectivity index is 1.60. The lowest BCUT2D eigenvalue weighted by Gasteiger charge is -2.33. The van der Waals surface area contributed by atoms with E-state index in [1.54, 1.807) is 24.0 Å². The van der Waals surface area contributed by atoms with Crippen molar-refractivity contribution in [3.05, 3.63) is 58.6 Å². The molecule has 32 heavy (non-hydrogen) atoms. The molecule has 1 radical (unpaired) electrons. The van der Waals surface area contributed by atoms with Crippen LogP contribution < -0.4 is 4.89 Å². The average molecular weight is 455 g/mol. The molecule has 7 heteroatoms. The molecule has 0 bridgehead atoms. The van der Waals surface area contributed by atoms with Crippen molar-refractivity contribution < 1.29 is 24.1 Å². The van der Waals surface area contributed by atoms with E-state index in [-0.39, 0.29) is 11.9 Å². The second-order valence-electron chi connectivity index (χ2n) is 7.73. The number of amides is 1. The fraction of sp³-hybridized carbons (Fsp3) is 0.360. The fourth-order valence-electron chi connectivity index (χ4n) is 4.12. The molecular formula is C25H25ClNO5. The zero-order valence-electron chi connectivity index (χ0n) is 17.9. The first-order valence-electron chi connectivity index (χ1n) is 10.9. The van der Waals surface area contributed by atoms with Crippen LogP contribution in [0.2, 0.25) is 5.02 Å². The van der Waals surface area contributed by atoms with Crippen LogP contribution in [-0.2, 0) is 25.6 Å². The summed E-state index contributed by atoms with van der Waals surface area (Å²) < 4.78 is 5.17. The molecule has 6 nitrogen and oxygen atoms in total.